The van der Waals surface area contributed by atoms with Crippen molar-refractivity contribution in [3.8, 4) is 0 Å². The van der Waals surface area contributed by atoms with Crippen molar-refractivity contribution < 1.29 is 24.2 Å². The summed E-state index contributed by atoms with van der Waals surface area (Å²) in [7, 11) is 0. The van der Waals surface area contributed by atoms with Crippen molar-refractivity contribution in [3.63, 3.8) is 0 Å². The monoisotopic (exact) mass is 517 g/mol. The van der Waals surface area contributed by atoms with Gasteiger partial charge in [0, 0.05) is 26.2 Å². The number of fused-ring (bicyclic) bond motifs is 1. The molecule has 1 spiro atoms. The van der Waals surface area contributed by atoms with Crippen molar-refractivity contribution >= 4 is 17.7 Å². The zero-order valence-electron chi connectivity index (χ0n) is 23.4. The van der Waals surface area contributed by atoms with E-state index in [2.05, 4.69) is 20.1 Å². The van der Waals surface area contributed by atoms with Crippen molar-refractivity contribution in [2.24, 2.45) is 17.8 Å². The highest BCUT2D eigenvalue weighted by molar-refractivity contribution is 5.99. The van der Waals surface area contributed by atoms with Crippen LogP contribution in [0.1, 0.15) is 66.7 Å². The zero-order valence-corrected chi connectivity index (χ0v) is 23.4. The number of unbranched alkanes of at least 4 members (excludes halogenated alkanes) is 1. The van der Waals surface area contributed by atoms with E-state index in [9.17, 15) is 19.5 Å². The highest BCUT2D eigenvalue weighted by Gasteiger charge is 2.78. The van der Waals surface area contributed by atoms with Gasteiger partial charge in [-0.15, -0.1) is 13.2 Å². The highest BCUT2D eigenvalue weighted by Crippen LogP contribution is 2.64. The Labute approximate surface area is 222 Å². The number of hydrogen-bond donors (Lipinski definition) is 1. The van der Waals surface area contributed by atoms with Gasteiger partial charge in [0.1, 0.15) is 11.6 Å². The Morgan fingerprint density at radius 3 is 2.24 bits per heavy atom. The number of carbonyl (C=O) groups excluding carboxylic acids is 3. The molecule has 3 aliphatic heterocycles. The maximum Gasteiger partial charge on any atom is 0.248 e. The van der Waals surface area contributed by atoms with E-state index in [1.807, 2.05) is 27.7 Å². The third kappa shape index (κ3) is 4.87. The lowest BCUT2D eigenvalue weighted by Crippen LogP contribution is -2.59. The summed E-state index contributed by atoms with van der Waals surface area (Å²) in [5.74, 6) is -2.08. The smallest absolute Gasteiger partial charge is 0.248 e. The number of amides is 3. The predicted octanol–water partition coefficient (Wildman–Crippen LogP) is 3.01. The maximum absolute atomic E-state index is 14.3. The third-order valence-corrected chi connectivity index (χ3v) is 8.63. The van der Waals surface area contributed by atoms with Crippen LogP contribution in [-0.2, 0) is 19.1 Å². The minimum absolute atomic E-state index is 0.0812. The van der Waals surface area contributed by atoms with Crippen LogP contribution in [0.15, 0.2) is 25.3 Å². The first-order chi connectivity index (χ1) is 17.6. The second kappa shape index (κ2) is 11.7. The van der Waals surface area contributed by atoms with Gasteiger partial charge in [-0.25, -0.2) is 0 Å². The molecule has 6 atom stereocenters. The number of aliphatic hydroxyl groups excluding tert-OH is 1. The largest absolute Gasteiger partial charge is 0.394 e. The molecule has 8 heteroatoms. The molecule has 0 radical (unpaired) electrons. The van der Waals surface area contributed by atoms with Gasteiger partial charge in [0.25, 0.3) is 0 Å². The van der Waals surface area contributed by atoms with Gasteiger partial charge in [-0.1, -0.05) is 46.3 Å². The summed E-state index contributed by atoms with van der Waals surface area (Å²) >= 11 is 0. The molecule has 3 heterocycles. The van der Waals surface area contributed by atoms with Crippen molar-refractivity contribution in [1.29, 1.82) is 0 Å². The Morgan fingerprint density at radius 1 is 1.11 bits per heavy atom. The van der Waals surface area contributed by atoms with Gasteiger partial charge < -0.3 is 24.5 Å². The fourth-order valence-electron chi connectivity index (χ4n) is 6.88. The first kappa shape index (κ1) is 29.4. The van der Waals surface area contributed by atoms with Crippen LogP contribution in [0, 0.1) is 17.8 Å². The van der Waals surface area contributed by atoms with Crippen molar-refractivity contribution in [1.82, 2.24) is 14.7 Å². The van der Waals surface area contributed by atoms with Crippen molar-refractivity contribution in [2.45, 2.75) is 90.0 Å². The molecule has 0 saturated carbocycles. The molecule has 0 aromatic heterocycles. The minimum atomic E-state index is -1.09. The fraction of sp³-hybridized carbons (Fsp3) is 0.759. The molecule has 37 heavy (non-hydrogen) atoms. The Bertz CT molecular complexity index is 891. The molecule has 3 fully saturated rings. The van der Waals surface area contributed by atoms with Gasteiger partial charge in [0.2, 0.25) is 17.7 Å². The zero-order chi connectivity index (χ0) is 27.5. The maximum atomic E-state index is 14.3. The number of likely N-dealkylation sites (tertiary alicyclic amines) is 1. The molecular formula is C29H47N3O5. The fourth-order valence-corrected chi connectivity index (χ4v) is 6.88. The molecule has 0 aromatic rings. The average molecular weight is 518 g/mol. The van der Waals surface area contributed by atoms with E-state index in [1.54, 1.807) is 26.9 Å². The molecule has 3 saturated heterocycles. The molecule has 3 rings (SSSR count). The Balaban J connectivity index is 2.13. The van der Waals surface area contributed by atoms with E-state index < -0.39 is 35.1 Å². The van der Waals surface area contributed by atoms with Crippen molar-refractivity contribution in [3.05, 3.63) is 25.3 Å². The Morgan fingerprint density at radius 2 is 1.73 bits per heavy atom. The molecule has 2 bridgehead atoms. The number of hydrogen-bond acceptors (Lipinski definition) is 5. The molecule has 0 aliphatic carbocycles. The molecule has 0 aromatic carbocycles. The number of rotatable bonds is 14. The summed E-state index contributed by atoms with van der Waals surface area (Å²) in [6, 6.07) is -1.44. The van der Waals surface area contributed by atoms with Crippen LogP contribution in [0.3, 0.4) is 0 Å². The Kier molecular flexibility index (Phi) is 9.27. The highest BCUT2D eigenvalue weighted by atomic mass is 16.5. The average Bonchev–Trinajstić information content (AvgIpc) is 3.42. The number of aliphatic hydroxyl groups is 1. The van der Waals surface area contributed by atoms with E-state index in [1.165, 1.54) is 0 Å². The summed E-state index contributed by atoms with van der Waals surface area (Å²) in [6.07, 6.45) is 7.07. The molecule has 3 amide bonds. The van der Waals surface area contributed by atoms with Crippen LogP contribution in [-0.4, -0.2) is 93.6 Å². The van der Waals surface area contributed by atoms with Gasteiger partial charge in [-0.05, 0) is 38.5 Å². The first-order valence-electron chi connectivity index (χ1n) is 14.0. The van der Waals surface area contributed by atoms with Gasteiger partial charge in [0.05, 0.1) is 30.1 Å². The summed E-state index contributed by atoms with van der Waals surface area (Å²) in [5.41, 5.74) is -1.92. The molecule has 3 aliphatic rings. The van der Waals surface area contributed by atoms with Crippen LogP contribution in [0.25, 0.3) is 0 Å². The lowest BCUT2D eigenvalue weighted by molar-refractivity contribution is -0.157. The Hall–Kier alpha value is -2.19. The van der Waals surface area contributed by atoms with Gasteiger partial charge in [-0.3, -0.25) is 14.4 Å². The van der Waals surface area contributed by atoms with E-state index in [-0.39, 0.29) is 30.2 Å². The van der Waals surface area contributed by atoms with Crippen LogP contribution < -0.4 is 0 Å². The predicted molar refractivity (Wildman–Crippen MR) is 144 cm³/mol. The number of nitrogens with zero attached hydrogens (tertiary/aromatic N) is 3. The normalized spacial score (nSPS) is 30.9. The van der Waals surface area contributed by atoms with E-state index in [0.717, 1.165) is 19.3 Å². The number of carbonyl (C=O) groups is 3. The molecular weight excluding hydrogens is 470 g/mol. The summed E-state index contributed by atoms with van der Waals surface area (Å²) < 4.78 is 6.76. The van der Waals surface area contributed by atoms with Gasteiger partial charge in [0.15, 0.2) is 0 Å². The van der Waals surface area contributed by atoms with Crippen molar-refractivity contribution in [2.75, 3.05) is 32.8 Å². The summed E-state index contributed by atoms with van der Waals surface area (Å²) in [5, 5.41) is 10.4. The van der Waals surface area contributed by atoms with Crippen LogP contribution >= 0.6 is 0 Å². The van der Waals surface area contributed by atoms with Crippen LogP contribution in [0.4, 0.5) is 0 Å². The summed E-state index contributed by atoms with van der Waals surface area (Å²) in [4.78, 5) is 47.7. The second-order valence-electron chi connectivity index (χ2n) is 11.5. The molecule has 1 N–H and O–H groups in total. The lowest BCUT2D eigenvalue weighted by atomic mass is 9.66. The molecule has 208 valence electrons. The van der Waals surface area contributed by atoms with Gasteiger partial charge in [-0.2, -0.15) is 0 Å². The van der Waals surface area contributed by atoms with Crippen LogP contribution in [0.2, 0.25) is 0 Å². The summed E-state index contributed by atoms with van der Waals surface area (Å²) in [6.45, 7) is 19.2. The topological polar surface area (TPSA) is 90.4 Å². The second-order valence-corrected chi connectivity index (χ2v) is 11.5. The van der Waals surface area contributed by atoms with Crippen LogP contribution in [0.5, 0.6) is 0 Å². The lowest BCUT2D eigenvalue weighted by Gasteiger charge is -2.40. The first-order valence-corrected chi connectivity index (χ1v) is 14.0. The minimum Gasteiger partial charge on any atom is -0.394 e. The molecule has 2 unspecified atom stereocenters. The SMILES string of the molecule is C=CCN(CCCC)C(=O)C1N([C@@H](CO)C(C)C)C(=O)[C@@H]2[C@@H](C(=O)N(CC=C)CCC)[C@@]3(C)CCC12O3. The quantitative estimate of drug-likeness (QED) is 0.358. The van der Waals surface area contributed by atoms with E-state index in [0.29, 0.717) is 39.0 Å². The van der Waals surface area contributed by atoms with E-state index in [4.69, 9.17) is 4.74 Å². The third-order valence-electron chi connectivity index (χ3n) is 8.63. The number of ether oxygens (including phenoxy) is 1. The van der Waals surface area contributed by atoms with Gasteiger partial charge >= 0.3 is 0 Å². The van der Waals surface area contributed by atoms with E-state index >= 15 is 0 Å². The standard InChI is InChI=1S/C29H47N3O5/c1-8-12-18-31(17-11-4)27(36)24-29-14-13-28(7,37-29)22(25(34)30(15-9-2)16-10-3)23(29)26(35)32(24)21(19-33)20(5)6/h9,11,20-24,33H,2,4,8,10,12-19H2,1,3,5-7H3/t21-,22-,23-,24?,28+,29?/m0/s1. The molecule has 8 nitrogen and oxygen atoms in total.